The second kappa shape index (κ2) is 6.55. The zero-order valence-corrected chi connectivity index (χ0v) is 12.4. The minimum atomic E-state index is 0.547. The molecule has 4 heteroatoms. The molecule has 0 aromatic heterocycles. The van der Waals surface area contributed by atoms with E-state index in [1.807, 2.05) is 6.07 Å². The number of ether oxygens (including phenoxy) is 1. The number of nitrogens with zero attached hydrogens (tertiary/aromatic N) is 1. The molecule has 100 valence electrons. The van der Waals surface area contributed by atoms with Crippen LogP contribution in [0.5, 0.6) is 5.75 Å². The Kier molecular flexibility index (Phi) is 5.03. The van der Waals surface area contributed by atoms with Crippen molar-refractivity contribution in [1.82, 2.24) is 4.90 Å². The maximum atomic E-state index is 5.59. The van der Waals surface area contributed by atoms with Crippen LogP contribution >= 0.6 is 15.9 Å². The van der Waals surface area contributed by atoms with Gasteiger partial charge in [-0.25, -0.2) is 0 Å². The van der Waals surface area contributed by atoms with E-state index in [4.69, 9.17) is 10.5 Å². The fraction of sp³-hybridized carbons (Fsp3) is 0.571. The molecule has 0 amide bonds. The van der Waals surface area contributed by atoms with Gasteiger partial charge in [0, 0.05) is 23.6 Å². The van der Waals surface area contributed by atoms with Crippen LogP contribution in [-0.2, 0) is 6.54 Å². The van der Waals surface area contributed by atoms with E-state index in [2.05, 4.69) is 39.9 Å². The van der Waals surface area contributed by atoms with Gasteiger partial charge >= 0.3 is 0 Å². The smallest absolute Gasteiger partial charge is 0.120 e. The van der Waals surface area contributed by atoms with Crippen LogP contribution in [0.15, 0.2) is 22.7 Å². The Bertz CT molecular complexity index is 397. The predicted molar refractivity (Wildman–Crippen MR) is 77.8 cm³/mol. The number of nitrogens with two attached hydrogens (primary N) is 1. The molecule has 1 fully saturated rings. The highest BCUT2D eigenvalue weighted by atomic mass is 79.9. The van der Waals surface area contributed by atoms with Crippen molar-refractivity contribution in [3.05, 3.63) is 28.2 Å². The van der Waals surface area contributed by atoms with E-state index in [0.717, 1.165) is 16.8 Å². The molecular weight excluding hydrogens is 292 g/mol. The molecule has 0 spiro atoms. The predicted octanol–water partition coefficient (Wildman–Crippen LogP) is 2.77. The van der Waals surface area contributed by atoms with Gasteiger partial charge in [0.05, 0.1) is 0 Å². The molecule has 2 rings (SSSR count). The molecule has 1 aromatic rings. The van der Waals surface area contributed by atoms with Crippen LogP contribution in [0.4, 0.5) is 0 Å². The average Bonchev–Trinajstić information content (AvgIpc) is 2.72. The monoisotopic (exact) mass is 312 g/mol. The third kappa shape index (κ3) is 3.70. The Morgan fingerprint density at radius 2 is 2.28 bits per heavy atom. The Morgan fingerprint density at radius 1 is 1.44 bits per heavy atom. The summed E-state index contributed by atoms with van der Waals surface area (Å²) in [4.78, 5) is 2.52. The van der Waals surface area contributed by atoms with Gasteiger partial charge in [-0.2, -0.15) is 0 Å². The van der Waals surface area contributed by atoms with E-state index < -0.39 is 0 Å². The summed E-state index contributed by atoms with van der Waals surface area (Å²) in [7, 11) is 0. The minimum absolute atomic E-state index is 0.547. The summed E-state index contributed by atoms with van der Waals surface area (Å²) >= 11 is 3.54. The average molecular weight is 313 g/mol. The van der Waals surface area contributed by atoms with E-state index in [9.17, 15) is 0 Å². The first-order valence-corrected chi connectivity index (χ1v) is 7.34. The fourth-order valence-electron chi connectivity index (χ4n) is 2.43. The molecule has 1 heterocycles. The molecule has 3 nitrogen and oxygen atoms in total. The van der Waals surface area contributed by atoms with Crippen molar-refractivity contribution in [3.8, 4) is 5.75 Å². The Labute approximate surface area is 117 Å². The van der Waals surface area contributed by atoms with Crippen LogP contribution in [0.1, 0.15) is 25.3 Å². The van der Waals surface area contributed by atoms with Gasteiger partial charge in [0.1, 0.15) is 12.4 Å². The van der Waals surface area contributed by atoms with Gasteiger partial charge in [-0.05, 0) is 50.1 Å². The second-order valence-corrected chi connectivity index (χ2v) is 5.81. The molecule has 0 bridgehead atoms. The lowest BCUT2D eigenvalue weighted by Gasteiger charge is -2.21. The van der Waals surface area contributed by atoms with Crippen LogP contribution in [0.2, 0.25) is 0 Å². The number of hydrogen-bond acceptors (Lipinski definition) is 3. The van der Waals surface area contributed by atoms with E-state index in [1.54, 1.807) is 0 Å². The maximum Gasteiger partial charge on any atom is 0.120 e. The lowest BCUT2D eigenvalue weighted by atomic mass is 10.2. The van der Waals surface area contributed by atoms with Gasteiger partial charge < -0.3 is 10.5 Å². The number of halogens is 1. The first-order valence-electron chi connectivity index (χ1n) is 6.55. The summed E-state index contributed by atoms with van der Waals surface area (Å²) in [6.45, 7) is 5.62. The minimum Gasteiger partial charge on any atom is -0.492 e. The first-order chi connectivity index (χ1) is 8.69. The van der Waals surface area contributed by atoms with Gasteiger partial charge in [-0.3, -0.25) is 4.90 Å². The number of rotatable bonds is 5. The highest BCUT2D eigenvalue weighted by Crippen LogP contribution is 2.25. The Hall–Kier alpha value is -0.580. The lowest BCUT2D eigenvalue weighted by Crippen LogP contribution is -2.26. The lowest BCUT2D eigenvalue weighted by molar-refractivity contribution is 0.259. The van der Waals surface area contributed by atoms with Crippen molar-refractivity contribution in [1.29, 1.82) is 0 Å². The SMILES string of the molecule is CC1CCCN1Cc1cc(Br)cc(OCCN)c1. The molecule has 2 N–H and O–H groups in total. The molecule has 0 radical (unpaired) electrons. The quantitative estimate of drug-likeness (QED) is 0.908. The van der Waals surface area contributed by atoms with Crippen LogP contribution < -0.4 is 10.5 Å². The molecule has 1 aliphatic rings. The van der Waals surface area contributed by atoms with Crippen molar-refractivity contribution >= 4 is 15.9 Å². The standard InChI is InChI=1S/C14H21BrN2O/c1-11-3-2-5-17(11)10-12-7-13(15)9-14(8-12)18-6-4-16/h7-9,11H,2-6,10,16H2,1H3. The van der Waals surface area contributed by atoms with Gasteiger partial charge in [0.15, 0.2) is 0 Å². The van der Waals surface area contributed by atoms with E-state index in [0.29, 0.717) is 19.2 Å². The Morgan fingerprint density at radius 3 is 2.94 bits per heavy atom. The summed E-state index contributed by atoms with van der Waals surface area (Å²) in [6.07, 6.45) is 2.62. The molecule has 1 aromatic carbocycles. The van der Waals surface area contributed by atoms with E-state index >= 15 is 0 Å². The zero-order valence-electron chi connectivity index (χ0n) is 10.9. The number of hydrogen-bond donors (Lipinski definition) is 1. The van der Waals surface area contributed by atoms with Crippen molar-refractivity contribution in [2.24, 2.45) is 5.73 Å². The molecule has 1 atom stereocenters. The van der Waals surface area contributed by atoms with Crippen LogP contribution in [0.3, 0.4) is 0 Å². The molecule has 0 saturated carbocycles. The van der Waals surface area contributed by atoms with Crippen LogP contribution in [-0.4, -0.2) is 30.6 Å². The third-order valence-corrected chi connectivity index (χ3v) is 3.85. The van der Waals surface area contributed by atoms with Gasteiger partial charge in [0.25, 0.3) is 0 Å². The normalized spacial score (nSPS) is 20.3. The molecule has 18 heavy (non-hydrogen) atoms. The summed E-state index contributed by atoms with van der Waals surface area (Å²) in [5, 5.41) is 0. The molecule has 1 saturated heterocycles. The topological polar surface area (TPSA) is 38.5 Å². The van der Waals surface area contributed by atoms with Crippen molar-refractivity contribution in [3.63, 3.8) is 0 Å². The van der Waals surface area contributed by atoms with Crippen LogP contribution in [0, 0.1) is 0 Å². The molecular formula is C14H21BrN2O. The summed E-state index contributed by atoms with van der Waals surface area (Å²) in [5.74, 6) is 0.900. The number of benzene rings is 1. The highest BCUT2D eigenvalue weighted by Gasteiger charge is 2.20. The molecule has 1 unspecified atom stereocenters. The number of likely N-dealkylation sites (tertiary alicyclic amines) is 1. The largest absolute Gasteiger partial charge is 0.492 e. The van der Waals surface area contributed by atoms with E-state index in [-0.39, 0.29) is 0 Å². The zero-order chi connectivity index (χ0) is 13.0. The molecule has 0 aliphatic carbocycles. The van der Waals surface area contributed by atoms with Gasteiger partial charge in [-0.1, -0.05) is 15.9 Å². The van der Waals surface area contributed by atoms with E-state index in [1.165, 1.54) is 24.9 Å². The summed E-state index contributed by atoms with van der Waals surface area (Å²) < 4.78 is 6.66. The summed E-state index contributed by atoms with van der Waals surface area (Å²) in [5.41, 5.74) is 6.75. The molecule has 1 aliphatic heterocycles. The first kappa shape index (κ1) is 13.8. The van der Waals surface area contributed by atoms with Gasteiger partial charge in [-0.15, -0.1) is 0 Å². The summed E-state index contributed by atoms with van der Waals surface area (Å²) in [6, 6.07) is 6.97. The Balaban J connectivity index is 2.05. The second-order valence-electron chi connectivity index (χ2n) is 4.89. The van der Waals surface area contributed by atoms with Crippen molar-refractivity contribution in [2.45, 2.75) is 32.4 Å². The van der Waals surface area contributed by atoms with Crippen molar-refractivity contribution < 1.29 is 4.74 Å². The van der Waals surface area contributed by atoms with Gasteiger partial charge in [0.2, 0.25) is 0 Å². The maximum absolute atomic E-state index is 5.59. The fourth-order valence-corrected chi connectivity index (χ4v) is 2.95. The van der Waals surface area contributed by atoms with Crippen LogP contribution in [0.25, 0.3) is 0 Å². The van der Waals surface area contributed by atoms with Crippen molar-refractivity contribution in [2.75, 3.05) is 19.7 Å². The highest BCUT2D eigenvalue weighted by molar-refractivity contribution is 9.10. The third-order valence-electron chi connectivity index (χ3n) is 3.39.